The SMILES string of the molecule is CCN(CC)Cc1c(F)cc(/C=C/c2n[nH]c3cc(C4CC45C(=O)Nc4ccccc45)ccc23)cc1F. The van der Waals surface area contributed by atoms with Crippen molar-refractivity contribution in [2.24, 2.45) is 0 Å². The summed E-state index contributed by atoms with van der Waals surface area (Å²) in [5, 5.41) is 11.4. The Morgan fingerprint density at radius 1 is 1.05 bits per heavy atom. The minimum absolute atomic E-state index is 0.0645. The fourth-order valence-corrected chi connectivity index (χ4v) is 5.67. The second-order valence-corrected chi connectivity index (χ2v) is 9.90. The van der Waals surface area contributed by atoms with Crippen molar-refractivity contribution in [2.75, 3.05) is 18.4 Å². The van der Waals surface area contributed by atoms with E-state index in [1.807, 2.05) is 55.1 Å². The Kier molecular flexibility index (Phi) is 5.68. The van der Waals surface area contributed by atoms with E-state index in [4.69, 9.17) is 0 Å². The molecule has 6 rings (SSSR count). The number of fused-ring (bicyclic) bond motifs is 3. The highest BCUT2D eigenvalue weighted by molar-refractivity contribution is 6.09. The van der Waals surface area contributed by atoms with E-state index in [1.54, 1.807) is 12.2 Å². The lowest BCUT2D eigenvalue weighted by Crippen LogP contribution is -2.23. The van der Waals surface area contributed by atoms with Crippen LogP contribution in [0.25, 0.3) is 23.1 Å². The number of H-pyrrole nitrogens is 1. The number of carbonyl (C=O) groups is 1. The molecule has 4 aromatic rings. The number of benzene rings is 3. The molecule has 1 amide bonds. The predicted molar refractivity (Wildman–Crippen MR) is 142 cm³/mol. The molecular formula is C30H28F2N4O. The Labute approximate surface area is 214 Å². The molecule has 188 valence electrons. The quantitative estimate of drug-likeness (QED) is 0.318. The second-order valence-electron chi connectivity index (χ2n) is 9.90. The zero-order chi connectivity index (χ0) is 25.7. The topological polar surface area (TPSA) is 61.0 Å². The Bertz CT molecular complexity index is 1530. The normalized spacial score (nSPS) is 20.4. The molecule has 1 aliphatic heterocycles. The molecule has 1 saturated carbocycles. The third kappa shape index (κ3) is 3.85. The van der Waals surface area contributed by atoms with Gasteiger partial charge in [-0.2, -0.15) is 5.10 Å². The minimum Gasteiger partial charge on any atom is -0.325 e. The van der Waals surface area contributed by atoms with Gasteiger partial charge in [-0.1, -0.05) is 50.3 Å². The van der Waals surface area contributed by atoms with E-state index in [0.29, 0.717) is 11.3 Å². The molecule has 37 heavy (non-hydrogen) atoms. The number of carbonyl (C=O) groups excluding carboxylic acids is 1. The number of amides is 1. The summed E-state index contributed by atoms with van der Waals surface area (Å²) in [6.07, 6.45) is 4.21. The fraction of sp³-hybridized carbons (Fsp3) is 0.267. The first kappa shape index (κ1) is 23.6. The maximum absolute atomic E-state index is 14.7. The van der Waals surface area contributed by atoms with E-state index in [1.165, 1.54) is 12.1 Å². The lowest BCUT2D eigenvalue weighted by atomic mass is 9.92. The van der Waals surface area contributed by atoms with Gasteiger partial charge in [-0.05, 0) is 66.5 Å². The van der Waals surface area contributed by atoms with Gasteiger partial charge in [0.05, 0.1) is 16.6 Å². The van der Waals surface area contributed by atoms with Crippen LogP contribution in [0.2, 0.25) is 0 Å². The molecule has 3 aromatic carbocycles. The van der Waals surface area contributed by atoms with Crippen molar-refractivity contribution in [3.63, 3.8) is 0 Å². The average Bonchev–Trinajstić information content (AvgIpc) is 3.43. The number of para-hydroxylation sites is 1. The molecule has 5 nitrogen and oxygen atoms in total. The molecular weight excluding hydrogens is 470 g/mol. The molecule has 7 heteroatoms. The first-order valence-electron chi connectivity index (χ1n) is 12.7. The van der Waals surface area contributed by atoms with Crippen LogP contribution in [-0.4, -0.2) is 34.1 Å². The van der Waals surface area contributed by atoms with Crippen LogP contribution in [0.5, 0.6) is 0 Å². The van der Waals surface area contributed by atoms with E-state index in [-0.39, 0.29) is 23.9 Å². The summed E-state index contributed by atoms with van der Waals surface area (Å²) >= 11 is 0. The third-order valence-corrected chi connectivity index (χ3v) is 7.91. The Morgan fingerprint density at radius 2 is 1.81 bits per heavy atom. The largest absolute Gasteiger partial charge is 0.325 e. The van der Waals surface area contributed by atoms with Gasteiger partial charge in [0.25, 0.3) is 0 Å². The second kappa shape index (κ2) is 8.92. The van der Waals surface area contributed by atoms with E-state index < -0.39 is 17.0 Å². The summed E-state index contributed by atoms with van der Waals surface area (Å²) in [6, 6.07) is 16.7. The van der Waals surface area contributed by atoms with Gasteiger partial charge in [-0.3, -0.25) is 14.8 Å². The van der Waals surface area contributed by atoms with Gasteiger partial charge in [0, 0.05) is 29.1 Å². The molecule has 2 atom stereocenters. The van der Waals surface area contributed by atoms with E-state index >= 15 is 0 Å². The average molecular weight is 499 g/mol. The molecule has 1 spiro atoms. The van der Waals surface area contributed by atoms with Crippen LogP contribution in [0.4, 0.5) is 14.5 Å². The highest BCUT2D eigenvalue weighted by atomic mass is 19.1. The van der Waals surface area contributed by atoms with E-state index in [0.717, 1.165) is 47.2 Å². The van der Waals surface area contributed by atoms with Crippen LogP contribution in [0.1, 0.15) is 54.1 Å². The van der Waals surface area contributed by atoms with Crippen molar-refractivity contribution in [2.45, 2.75) is 38.1 Å². The van der Waals surface area contributed by atoms with Crippen LogP contribution in [-0.2, 0) is 16.8 Å². The standard InChI is InChI=1S/C30H28F2N4O/c1-3-36(4-2)17-21-24(31)13-18(14-25(21)32)9-12-26-20-11-10-19(15-28(20)35-34-26)23-16-30(23)22-7-5-6-8-27(22)33-29(30)37/h5-15,23H,3-4,16-17H2,1-2H3,(H,33,37)(H,34,35)/b12-9+. The Morgan fingerprint density at radius 3 is 2.57 bits per heavy atom. The summed E-state index contributed by atoms with van der Waals surface area (Å²) in [7, 11) is 0. The van der Waals surface area contributed by atoms with Crippen LogP contribution >= 0.6 is 0 Å². The molecule has 2 unspecified atom stereocenters. The van der Waals surface area contributed by atoms with Crippen molar-refractivity contribution in [1.29, 1.82) is 0 Å². The number of rotatable bonds is 7. The first-order valence-corrected chi connectivity index (χ1v) is 12.7. The van der Waals surface area contributed by atoms with Gasteiger partial charge >= 0.3 is 0 Å². The first-order chi connectivity index (χ1) is 17.9. The number of aromatic amines is 1. The number of nitrogens with zero attached hydrogens (tertiary/aromatic N) is 2. The van der Waals surface area contributed by atoms with E-state index in [2.05, 4.69) is 21.6 Å². The van der Waals surface area contributed by atoms with E-state index in [9.17, 15) is 13.6 Å². The van der Waals surface area contributed by atoms with Gasteiger partial charge in [0.2, 0.25) is 5.91 Å². The highest BCUT2D eigenvalue weighted by Crippen LogP contribution is 2.64. The number of aromatic nitrogens is 2. The summed E-state index contributed by atoms with van der Waals surface area (Å²) in [5.41, 5.74) is 4.65. The number of anilines is 1. The van der Waals surface area contributed by atoms with Gasteiger partial charge in [0.15, 0.2) is 0 Å². The molecule has 2 heterocycles. The molecule has 0 bridgehead atoms. The lowest BCUT2D eigenvalue weighted by molar-refractivity contribution is -0.118. The number of hydrogen-bond donors (Lipinski definition) is 2. The molecule has 2 N–H and O–H groups in total. The lowest BCUT2D eigenvalue weighted by Gasteiger charge is -2.19. The van der Waals surface area contributed by atoms with Gasteiger partial charge in [0.1, 0.15) is 11.6 Å². The fourth-order valence-electron chi connectivity index (χ4n) is 5.67. The zero-order valence-electron chi connectivity index (χ0n) is 20.8. The van der Waals surface area contributed by atoms with Crippen LogP contribution in [0, 0.1) is 11.6 Å². The molecule has 1 aliphatic carbocycles. The molecule has 2 aliphatic rings. The molecule has 1 fully saturated rings. The minimum atomic E-state index is -0.543. The van der Waals surface area contributed by atoms with Gasteiger partial charge < -0.3 is 5.32 Å². The van der Waals surface area contributed by atoms with Crippen LogP contribution in [0.3, 0.4) is 0 Å². The van der Waals surface area contributed by atoms with Crippen LogP contribution in [0.15, 0.2) is 54.6 Å². The Hall–Kier alpha value is -3.84. The summed E-state index contributed by atoms with van der Waals surface area (Å²) in [6.45, 7) is 5.65. The maximum Gasteiger partial charge on any atom is 0.235 e. The van der Waals surface area contributed by atoms with Crippen molar-refractivity contribution >= 4 is 34.6 Å². The third-order valence-electron chi connectivity index (χ3n) is 7.91. The summed E-state index contributed by atoms with van der Waals surface area (Å²) in [5.74, 6) is -0.906. The molecule has 0 saturated heterocycles. The Balaban J connectivity index is 1.24. The maximum atomic E-state index is 14.7. The highest BCUT2D eigenvalue weighted by Gasteiger charge is 2.65. The number of nitrogens with one attached hydrogen (secondary N) is 2. The summed E-state index contributed by atoms with van der Waals surface area (Å²) < 4.78 is 29.4. The summed E-state index contributed by atoms with van der Waals surface area (Å²) in [4.78, 5) is 14.8. The van der Waals surface area contributed by atoms with Gasteiger partial charge in [-0.15, -0.1) is 0 Å². The van der Waals surface area contributed by atoms with Crippen molar-refractivity contribution < 1.29 is 13.6 Å². The molecule has 0 radical (unpaired) electrons. The van der Waals surface area contributed by atoms with Crippen LogP contribution < -0.4 is 5.32 Å². The predicted octanol–water partition coefficient (Wildman–Crippen LogP) is 6.23. The van der Waals surface area contributed by atoms with Crippen molar-refractivity contribution in [1.82, 2.24) is 15.1 Å². The monoisotopic (exact) mass is 498 g/mol. The number of halogens is 2. The number of hydrogen-bond acceptors (Lipinski definition) is 3. The smallest absolute Gasteiger partial charge is 0.235 e. The van der Waals surface area contributed by atoms with Crippen molar-refractivity contribution in [3.8, 4) is 0 Å². The van der Waals surface area contributed by atoms with Crippen molar-refractivity contribution in [3.05, 3.63) is 94.2 Å². The van der Waals surface area contributed by atoms with Gasteiger partial charge in [-0.25, -0.2) is 8.78 Å². The molecule has 1 aromatic heterocycles. The zero-order valence-corrected chi connectivity index (χ0v) is 20.8.